The van der Waals surface area contributed by atoms with Gasteiger partial charge in [-0.3, -0.25) is 0 Å². The van der Waals surface area contributed by atoms with E-state index in [-0.39, 0.29) is 0 Å². The molecule has 146 valence electrons. The van der Waals surface area contributed by atoms with Crippen molar-refractivity contribution in [3.05, 3.63) is 59.2 Å². The third-order valence-electron chi connectivity index (χ3n) is 5.01. The molecule has 0 aromatic heterocycles. The van der Waals surface area contributed by atoms with Gasteiger partial charge in [0.1, 0.15) is 0 Å². The molecule has 0 heterocycles. The topological polar surface area (TPSA) is 0 Å². The van der Waals surface area contributed by atoms with Crippen LogP contribution in [-0.2, 0) is 0 Å². The number of rotatable bonds is 7. The fraction of sp³-hybridized carbons (Fsp3) is 0.462. The maximum atomic E-state index is 4.07. The first-order chi connectivity index (χ1) is 12.6. The van der Waals surface area contributed by atoms with Crippen LogP contribution in [0.1, 0.15) is 95.4 Å². The minimum absolute atomic E-state index is 0.494. The quantitative estimate of drug-likeness (QED) is 0.432. The number of hydrogen-bond acceptors (Lipinski definition) is 1. The van der Waals surface area contributed by atoms with E-state index in [9.17, 15) is 0 Å². The molecule has 0 saturated heterocycles. The molecule has 0 bridgehead atoms. The molecule has 0 radical (unpaired) electrons. The molecule has 0 amide bonds. The van der Waals surface area contributed by atoms with Gasteiger partial charge in [0.15, 0.2) is 0 Å². The Labute approximate surface area is 171 Å². The van der Waals surface area contributed by atoms with Crippen LogP contribution in [0.4, 0.5) is 0 Å². The minimum Gasteiger partial charge on any atom is -0.123 e. The van der Waals surface area contributed by atoms with Gasteiger partial charge < -0.3 is 0 Å². The summed E-state index contributed by atoms with van der Waals surface area (Å²) in [5.41, 5.74) is 8.35. The second-order valence-corrected chi connectivity index (χ2v) is 10.3. The first kappa shape index (κ1) is 21.8. The molecule has 0 N–H and O–H groups in total. The van der Waals surface area contributed by atoms with E-state index in [2.05, 4.69) is 92.3 Å². The van der Waals surface area contributed by atoms with Crippen molar-refractivity contribution in [2.24, 2.45) is 0 Å². The highest BCUT2D eigenvalue weighted by atomic mass is 32.2. The van der Waals surface area contributed by atoms with Gasteiger partial charge in [0.25, 0.3) is 0 Å². The number of thioether (sulfide) groups is 1. The molecule has 0 aliphatic heterocycles. The Morgan fingerprint density at radius 2 is 1.33 bits per heavy atom. The van der Waals surface area contributed by atoms with Gasteiger partial charge >= 0.3 is 0 Å². The monoisotopic (exact) mass is 380 g/mol. The second kappa shape index (κ2) is 9.15. The highest BCUT2D eigenvalue weighted by Crippen LogP contribution is 2.40. The smallest absolute Gasteiger partial charge is 0.0147 e. The molecule has 0 nitrogen and oxygen atoms in total. The lowest BCUT2D eigenvalue weighted by molar-refractivity contribution is 0.807. The lowest BCUT2D eigenvalue weighted by atomic mass is 9.81. The average molecular weight is 381 g/mol. The van der Waals surface area contributed by atoms with Crippen LogP contribution in [0.5, 0.6) is 0 Å². The number of benzene rings is 2. The van der Waals surface area contributed by atoms with Crippen LogP contribution < -0.4 is 0 Å². The molecule has 1 heteroatoms. The van der Waals surface area contributed by atoms with Gasteiger partial charge in [-0.05, 0) is 63.3 Å². The van der Waals surface area contributed by atoms with E-state index in [1.807, 2.05) is 17.8 Å². The van der Waals surface area contributed by atoms with Crippen molar-refractivity contribution < 1.29 is 0 Å². The minimum atomic E-state index is 0.494. The summed E-state index contributed by atoms with van der Waals surface area (Å²) in [5, 5.41) is 0.567. The maximum Gasteiger partial charge on any atom is 0.0147 e. The fourth-order valence-corrected chi connectivity index (χ4v) is 4.45. The van der Waals surface area contributed by atoms with Crippen LogP contribution in [0.15, 0.2) is 41.8 Å². The van der Waals surface area contributed by atoms with Crippen molar-refractivity contribution >= 4 is 17.8 Å². The van der Waals surface area contributed by atoms with Crippen LogP contribution in [0, 0.1) is 0 Å². The molecule has 2 rings (SSSR count). The zero-order chi connectivity index (χ0) is 20.3. The van der Waals surface area contributed by atoms with Crippen LogP contribution in [-0.4, -0.2) is 5.25 Å². The summed E-state index contributed by atoms with van der Waals surface area (Å²) in [6.07, 6.45) is 2.00. The van der Waals surface area contributed by atoms with Crippen molar-refractivity contribution in [3.8, 4) is 11.1 Å². The molecule has 0 unspecified atom stereocenters. The molecule has 0 saturated carbocycles. The Morgan fingerprint density at radius 3 is 1.74 bits per heavy atom. The van der Waals surface area contributed by atoms with Gasteiger partial charge in [0.2, 0.25) is 0 Å². The van der Waals surface area contributed by atoms with E-state index >= 15 is 0 Å². The van der Waals surface area contributed by atoms with E-state index in [0.29, 0.717) is 23.0 Å². The van der Waals surface area contributed by atoms with Gasteiger partial charge in [0.05, 0.1) is 0 Å². The van der Waals surface area contributed by atoms with Crippen LogP contribution in [0.2, 0.25) is 0 Å². The summed E-state index contributed by atoms with van der Waals surface area (Å²) >= 11 is 1.91. The summed E-state index contributed by atoms with van der Waals surface area (Å²) in [6.45, 7) is 22.4. The molecule has 2 aromatic carbocycles. The Morgan fingerprint density at radius 1 is 0.778 bits per heavy atom. The number of hydrogen-bond donors (Lipinski definition) is 0. The third-order valence-corrected chi connectivity index (χ3v) is 6.11. The van der Waals surface area contributed by atoms with Gasteiger partial charge in [-0.15, -0.1) is 11.8 Å². The van der Waals surface area contributed by atoms with Crippen molar-refractivity contribution in [2.45, 2.75) is 83.3 Å². The summed E-state index contributed by atoms with van der Waals surface area (Å²) in [7, 11) is 0. The van der Waals surface area contributed by atoms with E-state index < -0.39 is 0 Å². The molecule has 0 spiro atoms. The SMILES string of the molecule is C=Cc1cc(-c2c(C(C)C)cc(C(C)C)cc2C(C)C)ccc1SC(C)C. The largest absolute Gasteiger partial charge is 0.123 e. The van der Waals surface area contributed by atoms with E-state index in [4.69, 9.17) is 0 Å². The standard InChI is InChI=1S/C26H36S/c1-10-20-13-21(11-12-25(20)27-19(8)9)26-23(17(4)5)14-22(16(2)3)15-24(26)18(6)7/h10-19H,1H2,2-9H3. The average Bonchev–Trinajstić information content (AvgIpc) is 2.60. The Balaban J connectivity index is 2.74. The fourth-order valence-electron chi connectivity index (χ4n) is 3.51. The summed E-state index contributed by atoms with van der Waals surface area (Å²) < 4.78 is 0. The van der Waals surface area contributed by atoms with Crippen LogP contribution in [0.25, 0.3) is 17.2 Å². The Hall–Kier alpha value is -1.47. The Bertz CT molecular complexity index is 765. The van der Waals surface area contributed by atoms with Crippen molar-refractivity contribution in [1.29, 1.82) is 0 Å². The lowest BCUT2D eigenvalue weighted by Crippen LogP contribution is -2.04. The molecular weight excluding hydrogens is 344 g/mol. The van der Waals surface area contributed by atoms with E-state index in [1.54, 1.807) is 0 Å². The van der Waals surface area contributed by atoms with E-state index in [1.165, 1.54) is 38.3 Å². The normalized spacial score (nSPS) is 11.9. The highest BCUT2D eigenvalue weighted by molar-refractivity contribution is 8.00. The van der Waals surface area contributed by atoms with Crippen molar-refractivity contribution in [3.63, 3.8) is 0 Å². The molecule has 2 aromatic rings. The highest BCUT2D eigenvalue weighted by Gasteiger charge is 2.19. The summed E-state index contributed by atoms with van der Waals surface area (Å²) in [6, 6.07) is 11.8. The van der Waals surface area contributed by atoms with Gasteiger partial charge in [-0.1, -0.05) is 86.2 Å². The third kappa shape index (κ3) is 5.08. The first-order valence-electron chi connectivity index (χ1n) is 10.3. The predicted octanol–water partition coefficient (Wildman–Crippen LogP) is 8.87. The molecule has 0 aliphatic carbocycles. The molecular formula is C26H36S. The zero-order valence-electron chi connectivity index (χ0n) is 18.4. The Kier molecular flexibility index (Phi) is 7.40. The lowest BCUT2D eigenvalue weighted by Gasteiger charge is -2.24. The second-order valence-electron chi connectivity index (χ2n) is 8.66. The molecule has 0 atom stereocenters. The molecule has 27 heavy (non-hydrogen) atoms. The summed E-state index contributed by atoms with van der Waals surface area (Å²) in [4.78, 5) is 1.32. The zero-order valence-corrected chi connectivity index (χ0v) is 19.2. The maximum absolute atomic E-state index is 4.07. The van der Waals surface area contributed by atoms with Crippen molar-refractivity contribution in [1.82, 2.24) is 0 Å². The molecule has 0 fully saturated rings. The summed E-state index contributed by atoms with van der Waals surface area (Å²) in [5.74, 6) is 1.53. The first-order valence-corrected chi connectivity index (χ1v) is 11.1. The van der Waals surface area contributed by atoms with Gasteiger partial charge in [0, 0.05) is 10.1 Å². The predicted molar refractivity (Wildman–Crippen MR) is 125 cm³/mol. The van der Waals surface area contributed by atoms with Crippen LogP contribution in [0.3, 0.4) is 0 Å². The molecule has 0 aliphatic rings. The van der Waals surface area contributed by atoms with Gasteiger partial charge in [-0.2, -0.15) is 0 Å². The van der Waals surface area contributed by atoms with E-state index in [0.717, 1.165) is 0 Å². The van der Waals surface area contributed by atoms with Gasteiger partial charge in [-0.25, -0.2) is 0 Å². The van der Waals surface area contributed by atoms with Crippen LogP contribution >= 0.6 is 11.8 Å². The van der Waals surface area contributed by atoms with Crippen molar-refractivity contribution in [2.75, 3.05) is 0 Å².